The summed E-state index contributed by atoms with van der Waals surface area (Å²) in [5.41, 5.74) is 0.106. The van der Waals surface area contributed by atoms with Crippen LogP contribution < -0.4 is 10.2 Å². The minimum Gasteiger partial charge on any atom is -0.496 e. The van der Waals surface area contributed by atoms with Gasteiger partial charge in [-0.15, -0.1) is 0 Å². The van der Waals surface area contributed by atoms with Gasteiger partial charge in [-0.1, -0.05) is 18.2 Å². The van der Waals surface area contributed by atoms with E-state index in [4.69, 9.17) is 9.84 Å². The molecule has 1 N–H and O–H groups in total. The molecule has 0 amide bonds. The molecule has 0 aliphatic heterocycles. The van der Waals surface area contributed by atoms with Crippen LogP contribution in [0.4, 0.5) is 0 Å². The second kappa shape index (κ2) is 4.97. The van der Waals surface area contributed by atoms with Gasteiger partial charge in [0.1, 0.15) is 11.3 Å². The number of hydrogen-bond donors (Lipinski definition) is 1. The van der Waals surface area contributed by atoms with E-state index in [2.05, 4.69) is 0 Å². The molecule has 1 aromatic heterocycles. The van der Waals surface area contributed by atoms with E-state index in [0.29, 0.717) is 16.9 Å². The van der Waals surface area contributed by atoms with Crippen LogP contribution in [-0.4, -0.2) is 22.8 Å². The Hall–Kier alpha value is -2.56. The Kier molecular flexibility index (Phi) is 3.37. The van der Waals surface area contributed by atoms with E-state index in [1.165, 1.54) is 13.3 Å². The van der Waals surface area contributed by atoms with Crippen molar-refractivity contribution in [1.29, 1.82) is 0 Å². The summed E-state index contributed by atoms with van der Waals surface area (Å²) in [6.07, 6.45) is 2.89. The van der Waals surface area contributed by atoms with Crippen molar-refractivity contribution in [1.82, 2.24) is 4.57 Å². The molecule has 0 bridgehead atoms. The number of ether oxygens (including phenoxy) is 1. The summed E-state index contributed by atoms with van der Waals surface area (Å²) in [5.74, 6) is -0.709. The van der Waals surface area contributed by atoms with Crippen LogP contribution in [-0.2, 0) is 7.05 Å². The Morgan fingerprint density at radius 3 is 2.53 bits per heavy atom. The number of aromatic carboxylic acids is 1. The average molecular weight is 259 g/mol. The predicted octanol–water partition coefficient (Wildman–Crippen LogP) is 1.76. The van der Waals surface area contributed by atoms with Gasteiger partial charge in [-0.05, 0) is 6.07 Å². The minimum atomic E-state index is -1.24. The molecule has 1 heterocycles. The first-order chi connectivity index (χ1) is 9.04. The fourth-order valence-electron chi connectivity index (χ4n) is 1.92. The molecule has 1 aromatic carbocycles. The third-order valence-corrected chi connectivity index (χ3v) is 2.78. The third-order valence-electron chi connectivity index (χ3n) is 2.78. The second-order valence-electron chi connectivity index (χ2n) is 4.09. The number of carboxylic acid groups (broad SMARTS) is 1. The number of carbonyl (C=O) groups is 1. The lowest BCUT2D eigenvalue weighted by molar-refractivity contribution is 0.0694. The fraction of sp³-hybridized carbons (Fsp3) is 0.143. The maximum Gasteiger partial charge on any atom is 0.341 e. The first-order valence-corrected chi connectivity index (χ1v) is 5.61. The van der Waals surface area contributed by atoms with E-state index in [0.717, 1.165) is 0 Å². The van der Waals surface area contributed by atoms with Crippen molar-refractivity contribution >= 4 is 5.97 Å². The smallest absolute Gasteiger partial charge is 0.341 e. The summed E-state index contributed by atoms with van der Waals surface area (Å²) in [6, 6.07) is 7.00. The molecule has 2 rings (SSSR count). The van der Waals surface area contributed by atoms with Crippen molar-refractivity contribution in [3.63, 3.8) is 0 Å². The standard InChI is InChI=1S/C14H13NO4/c1-15-7-10(13(16)11(8-15)14(17)18)9-5-3-4-6-12(9)19-2/h3-8H,1-2H3,(H,17,18). The number of hydrogen-bond acceptors (Lipinski definition) is 3. The summed E-state index contributed by atoms with van der Waals surface area (Å²) >= 11 is 0. The number of methoxy groups -OCH3 is 1. The molecule has 5 heteroatoms. The number of nitrogens with zero attached hydrogens (tertiary/aromatic N) is 1. The molecule has 0 radical (unpaired) electrons. The predicted molar refractivity (Wildman–Crippen MR) is 70.6 cm³/mol. The summed E-state index contributed by atoms with van der Waals surface area (Å²) in [6.45, 7) is 0. The number of benzene rings is 1. The van der Waals surface area contributed by atoms with Gasteiger partial charge in [-0.25, -0.2) is 4.79 Å². The zero-order chi connectivity index (χ0) is 14.0. The number of carboxylic acids is 1. The van der Waals surface area contributed by atoms with Gasteiger partial charge in [0.25, 0.3) is 0 Å². The Labute approximate surface area is 109 Å². The molecule has 0 aliphatic rings. The lowest BCUT2D eigenvalue weighted by atomic mass is 10.0. The van der Waals surface area contributed by atoms with E-state index in [1.54, 1.807) is 42.1 Å². The minimum absolute atomic E-state index is 0.258. The molecule has 19 heavy (non-hydrogen) atoms. The van der Waals surface area contributed by atoms with Gasteiger partial charge < -0.3 is 14.4 Å². The van der Waals surface area contributed by atoms with Crippen LogP contribution in [0, 0.1) is 0 Å². The van der Waals surface area contributed by atoms with Gasteiger partial charge in [-0.2, -0.15) is 0 Å². The van der Waals surface area contributed by atoms with Gasteiger partial charge in [0.05, 0.1) is 7.11 Å². The monoisotopic (exact) mass is 259 g/mol. The third kappa shape index (κ3) is 2.35. The van der Waals surface area contributed by atoms with E-state index in [9.17, 15) is 9.59 Å². The van der Waals surface area contributed by atoms with E-state index in [1.807, 2.05) is 0 Å². The van der Waals surface area contributed by atoms with Crippen molar-refractivity contribution in [2.45, 2.75) is 0 Å². The molecule has 98 valence electrons. The molecule has 0 unspecified atom stereocenters. The molecule has 2 aromatic rings. The van der Waals surface area contributed by atoms with Crippen LogP contribution >= 0.6 is 0 Å². The van der Waals surface area contributed by atoms with Gasteiger partial charge in [-0.3, -0.25) is 4.79 Å². The average Bonchev–Trinajstić information content (AvgIpc) is 2.40. The largest absolute Gasteiger partial charge is 0.496 e. The molecule has 0 saturated heterocycles. The van der Waals surface area contributed by atoms with Crippen LogP contribution in [0.25, 0.3) is 11.1 Å². The van der Waals surface area contributed by atoms with E-state index >= 15 is 0 Å². The molecule has 0 aliphatic carbocycles. The summed E-state index contributed by atoms with van der Waals surface area (Å²) in [5, 5.41) is 9.04. The molecular formula is C14H13NO4. The Morgan fingerprint density at radius 2 is 1.89 bits per heavy atom. The molecule has 0 fully saturated rings. The first kappa shape index (κ1) is 12.9. The van der Waals surface area contributed by atoms with Crippen LogP contribution in [0.5, 0.6) is 5.75 Å². The number of rotatable bonds is 3. The van der Waals surface area contributed by atoms with Crippen molar-refractivity contribution in [3.05, 3.63) is 52.4 Å². The highest BCUT2D eigenvalue weighted by Gasteiger charge is 2.16. The highest BCUT2D eigenvalue weighted by molar-refractivity contribution is 5.89. The Morgan fingerprint density at radius 1 is 1.21 bits per heavy atom. The number of pyridine rings is 1. The van der Waals surface area contributed by atoms with Gasteiger partial charge in [0, 0.05) is 30.6 Å². The lowest BCUT2D eigenvalue weighted by Crippen LogP contribution is -2.19. The van der Waals surface area contributed by atoms with E-state index in [-0.39, 0.29) is 5.56 Å². The molecule has 0 atom stereocenters. The van der Waals surface area contributed by atoms with Crippen molar-refractivity contribution in [3.8, 4) is 16.9 Å². The zero-order valence-electron chi connectivity index (χ0n) is 10.6. The van der Waals surface area contributed by atoms with Crippen molar-refractivity contribution in [2.24, 2.45) is 7.05 Å². The van der Waals surface area contributed by atoms with Crippen molar-refractivity contribution < 1.29 is 14.6 Å². The summed E-state index contributed by atoms with van der Waals surface area (Å²) < 4.78 is 6.75. The van der Waals surface area contributed by atoms with Gasteiger partial charge in [0.15, 0.2) is 0 Å². The molecule has 0 saturated carbocycles. The van der Waals surface area contributed by atoms with Crippen LogP contribution in [0.2, 0.25) is 0 Å². The molecular weight excluding hydrogens is 246 g/mol. The Bertz CT molecular complexity index is 688. The van der Waals surface area contributed by atoms with E-state index < -0.39 is 11.4 Å². The second-order valence-corrected chi connectivity index (χ2v) is 4.09. The van der Waals surface area contributed by atoms with Crippen LogP contribution in [0.15, 0.2) is 41.5 Å². The zero-order valence-corrected chi connectivity index (χ0v) is 10.6. The van der Waals surface area contributed by atoms with Gasteiger partial charge >= 0.3 is 5.97 Å². The first-order valence-electron chi connectivity index (χ1n) is 5.61. The summed E-state index contributed by atoms with van der Waals surface area (Å²) in [7, 11) is 3.18. The molecule has 5 nitrogen and oxygen atoms in total. The topological polar surface area (TPSA) is 68.5 Å². The Balaban J connectivity index is 2.76. The quantitative estimate of drug-likeness (QED) is 0.911. The summed E-state index contributed by atoms with van der Waals surface area (Å²) in [4.78, 5) is 23.2. The SMILES string of the molecule is COc1ccccc1-c1cn(C)cc(C(=O)O)c1=O. The molecule has 0 spiro atoms. The lowest BCUT2D eigenvalue weighted by Gasteiger charge is -2.10. The number of aromatic nitrogens is 1. The highest BCUT2D eigenvalue weighted by Crippen LogP contribution is 2.27. The normalized spacial score (nSPS) is 10.2. The van der Waals surface area contributed by atoms with Crippen molar-refractivity contribution in [2.75, 3.05) is 7.11 Å². The maximum atomic E-state index is 12.2. The van der Waals surface area contributed by atoms with Crippen LogP contribution in [0.3, 0.4) is 0 Å². The number of para-hydroxylation sites is 1. The maximum absolute atomic E-state index is 12.2. The fourth-order valence-corrected chi connectivity index (χ4v) is 1.92. The van der Waals surface area contributed by atoms with Crippen LogP contribution in [0.1, 0.15) is 10.4 Å². The highest BCUT2D eigenvalue weighted by atomic mass is 16.5. The number of aryl methyl sites for hydroxylation is 1. The van der Waals surface area contributed by atoms with Gasteiger partial charge in [0.2, 0.25) is 5.43 Å².